The molecular formula is C12H19N5O4S. The monoisotopic (exact) mass is 329 g/mol. The van der Waals surface area contributed by atoms with E-state index in [4.69, 9.17) is 4.74 Å². The number of carbonyl (C=O) groups is 1. The van der Waals surface area contributed by atoms with E-state index in [0.29, 0.717) is 19.0 Å². The number of aromatic nitrogens is 4. The molecule has 0 unspecified atom stereocenters. The summed E-state index contributed by atoms with van der Waals surface area (Å²) in [7, 11) is -3.59. The van der Waals surface area contributed by atoms with Gasteiger partial charge in [-0.2, -0.15) is 0 Å². The van der Waals surface area contributed by atoms with Gasteiger partial charge < -0.3 is 10.1 Å². The van der Waals surface area contributed by atoms with Crippen LogP contribution in [-0.4, -0.2) is 59.5 Å². The summed E-state index contributed by atoms with van der Waals surface area (Å²) in [5, 5.41) is 13.7. The zero-order valence-corrected chi connectivity index (χ0v) is 13.0. The van der Waals surface area contributed by atoms with Crippen LogP contribution in [0.3, 0.4) is 0 Å². The average molecular weight is 329 g/mol. The molecule has 1 atom stereocenters. The van der Waals surface area contributed by atoms with Crippen LogP contribution in [-0.2, 0) is 25.1 Å². The van der Waals surface area contributed by atoms with Crippen LogP contribution in [0.5, 0.6) is 0 Å². The van der Waals surface area contributed by atoms with E-state index in [2.05, 4.69) is 20.8 Å². The van der Waals surface area contributed by atoms with Crippen LogP contribution in [0.1, 0.15) is 37.5 Å². The lowest BCUT2D eigenvalue weighted by Crippen LogP contribution is -2.36. The maximum absolute atomic E-state index is 12.1. The van der Waals surface area contributed by atoms with E-state index in [0.717, 1.165) is 25.7 Å². The van der Waals surface area contributed by atoms with Gasteiger partial charge >= 0.3 is 0 Å². The lowest BCUT2D eigenvalue weighted by atomic mass is 10.2. The molecule has 1 N–H and O–H groups in total. The summed E-state index contributed by atoms with van der Waals surface area (Å²) >= 11 is 0. The van der Waals surface area contributed by atoms with Gasteiger partial charge in [0.2, 0.25) is 5.91 Å². The topological polar surface area (TPSA) is 116 Å². The number of sulfone groups is 1. The van der Waals surface area contributed by atoms with Crippen LogP contribution in [0, 0.1) is 0 Å². The van der Waals surface area contributed by atoms with Crippen molar-refractivity contribution in [3.63, 3.8) is 0 Å². The van der Waals surface area contributed by atoms with Crippen molar-refractivity contribution in [1.29, 1.82) is 0 Å². The number of tetrazole rings is 1. The number of ether oxygens (including phenoxy) is 1. The fraction of sp³-hybridized carbons (Fsp3) is 0.833. The Morgan fingerprint density at radius 3 is 2.86 bits per heavy atom. The first-order valence-electron chi connectivity index (χ1n) is 7.39. The Labute approximate surface area is 128 Å². The lowest BCUT2D eigenvalue weighted by molar-refractivity contribution is -0.119. The number of nitrogens with zero attached hydrogens (tertiary/aromatic N) is 4. The van der Waals surface area contributed by atoms with E-state index < -0.39 is 21.5 Å². The van der Waals surface area contributed by atoms with Crippen LogP contribution in [0.2, 0.25) is 0 Å². The van der Waals surface area contributed by atoms with Crippen LogP contribution < -0.4 is 5.32 Å². The number of rotatable bonds is 7. The van der Waals surface area contributed by atoms with Crippen molar-refractivity contribution >= 4 is 15.7 Å². The first-order chi connectivity index (χ1) is 10.5. The van der Waals surface area contributed by atoms with E-state index in [1.807, 2.05) is 0 Å². The largest absolute Gasteiger partial charge is 0.376 e. The van der Waals surface area contributed by atoms with Crippen molar-refractivity contribution in [3.8, 4) is 0 Å². The molecule has 0 aromatic carbocycles. The second kappa shape index (κ2) is 6.29. The second-order valence-corrected chi connectivity index (χ2v) is 7.81. The Hall–Kier alpha value is -1.55. The highest BCUT2D eigenvalue weighted by Crippen LogP contribution is 2.34. The van der Waals surface area contributed by atoms with Gasteiger partial charge in [0.1, 0.15) is 11.5 Å². The maximum Gasteiger partial charge on any atom is 0.235 e. The van der Waals surface area contributed by atoms with Crippen molar-refractivity contribution in [2.45, 2.75) is 43.6 Å². The SMILES string of the molecule is O=C(CS(=O)(=O)Cc1nnnn1C1CC1)NC[C@H]1CCCO1. The summed E-state index contributed by atoms with van der Waals surface area (Å²) < 4.78 is 31.1. The minimum atomic E-state index is -3.59. The first-order valence-corrected chi connectivity index (χ1v) is 9.21. The molecule has 1 amide bonds. The fourth-order valence-electron chi connectivity index (χ4n) is 2.44. The molecule has 1 saturated carbocycles. The normalized spacial score (nSPS) is 21.9. The third-order valence-electron chi connectivity index (χ3n) is 3.70. The van der Waals surface area contributed by atoms with Crippen molar-refractivity contribution < 1.29 is 17.9 Å². The Kier molecular flexibility index (Phi) is 4.39. The van der Waals surface area contributed by atoms with Gasteiger partial charge in [-0.25, -0.2) is 13.1 Å². The third kappa shape index (κ3) is 4.01. The highest BCUT2D eigenvalue weighted by molar-refractivity contribution is 7.91. The highest BCUT2D eigenvalue weighted by Gasteiger charge is 2.30. The minimum absolute atomic E-state index is 0.00572. The maximum atomic E-state index is 12.1. The van der Waals surface area contributed by atoms with Crippen LogP contribution in [0.25, 0.3) is 0 Å². The number of hydrogen-bond donors (Lipinski definition) is 1. The Balaban J connectivity index is 1.51. The summed E-state index contributed by atoms with van der Waals surface area (Å²) in [6.45, 7) is 1.05. The Bertz CT molecular complexity index is 634. The quantitative estimate of drug-likeness (QED) is 0.697. The van der Waals surface area contributed by atoms with Gasteiger partial charge in [0.25, 0.3) is 0 Å². The molecule has 1 aromatic rings. The van der Waals surface area contributed by atoms with Gasteiger partial charge in [-0.15, -0.1) is 5.10 Å². The molecule has 1 saturated heterocycles. The molecule has 22 heavy (non-hydrogen) atoms. The highest BCUT2D eigenvalue weighted by atomic mass is 32.2. The summed E-state index contributed by atoms with van der Waals surface area (Å²) in [6, 6.07) is 0.202. The molecule has 0 spiro atoms. The molecule has 3 rings (SSSR count). The van der Waals surface area contributed by atoms with Crippen LogP contribution >= 0.6 is 0 Å². The molecule has 1 aromatic heterocycles. The van der Waals surface area contributed by atoms with Gasteiger partial charge in [0.15, 0.2) is 15.7 Å². The van der Waals surface area contributed by atoms with E-state index >= 15 is 0 Å². The van der Waals surface area contributed by atoms with Gasteiger partial charge in [-0.3, -0.25) is 4.79 Å². The number of amides is 1. The summed E-state index contributed by atoms with van der Waals surface area (Å²) in [4.78, 5) is 11.8. The zero-order chi connectivity index (χ0) is 15.6. The van der Waals surface area contributed by atoms with Crippen molar-refractivity contribution in [2.24, 2.45) is 0 Å². The Morgan fingerprint density at radius 2 is 2.18 bits per heavy atom. The summed E-state index contributed by atoms with van der Waals surface area (Å²) in [5.74, 6) is -1.09. The zero-order valence-electron chi connectivity index (χ0n) is 12.1. The van der Waals surface area contributed by atoms with Crippen molar-refractivity contribution in [1.82, 2.24) is 25.5 Å². The van der Waals surface area contributed by atoms with Crippen molar-refractivity contribution in [2.75, 3.05) is 18.9 Å². The molecule has 1 aliphatic carbocycles. The van der Waals surface area contributed by atoms with Gasteiger partial charge in [-0.1, -0.05) is 0 Å². The standard InChI is InChI=1S/C12H19N5O4S/c18-12(13-6-10-2-1-5-21-10)8-22(19,20)7-11-14-15-16-17(11)9-3-4-9/h9-10H,1-8H2,(H,13,18)/t10-/m1/s1. The molecule has 2 aliphatic rings. The summed E-state index contributed by atoms with van der Waals surface area (Å²) in [5.41, 5.74) is 0. The minimum Gasteiger partial charge on any atom is -0.376 e. The predicted molar refractivity (Wildman–Crippen MR) is 75.6 cm³/mol. The van der Waals surface area contributed by atoms with E-state index in [1.54, 1.807) is 4.68 Å². The van der Waals surface area contributed by atoms with Crippen LogP contribution in [0.4, 0.5) is 0 Å². The second-order valence-electron chi connectivity index (χ2n) is 5.74. The summed E-state index contributed by atoms with van der Waals surface area (Å²) in [6.07, 6.45) is 3.78. The molecule has 9 nitrogen and oxygen atoms in total. The molecule has 10 heteroatoms. The molecule has 0 bridgehead atoms. The molecule has 122 valence electrons. The van der Waals surface area contributed by atoms with Gasteiger partial charge in [0, 0.05) is 13.2 Å². The third-order valence-corrected chi connectivity index (χ3v) is 5.10. The van der Waals surface area contributed by atoms with Crippen LogP contribution in [0.15, 0.2) is 0 Å². The van der Waals surface area contributed by atoms with Gasteiger partial charge in [0.05, 0.1) is 12.1 Å². The number of nitrogens with one attached hydrogen (secondary N) is 1. The first kappa shape index (κ1) is 15.3. The molecular weight excluding hydrogens is 310 g/mol. The van der Waals surface area contributed by atoms with E-state index in [1.165, 1.54) is 0 Å². The van der Waals surface area contributed by atoms with Crippen molar-refractivity contribution in [3.05, 3.63) is 5.82 Å². The number of carbonyl (C=O) groups excluding carboxylic acids is 1. The molecule has 1 aliphatic heterocycles. The predicted octanol–water partition coefficient (Wildman–Crippen LogP) is -0.782. The lowest BCUT2D eigenvalue weighted by Gasteiger charge is -2.11. The molecule has 2 heterocycles. The smallest absolute Gasteiger partial charge is 0.235 e. The average Bonchev–Trinajstić information content (AvgIpc) is 2.98. The number of hydrogen-bond acceptors (Lipinski definition) is 7. The van der Waals surface area contributed by atoms with Gasteiger partial charge in [-0.05, 0) is 36.1 Å². The Morgan fingerprint density at radius 1 is 1.36 bits per heavy atom. The van der Waals surface area contributed by atoms with E-state index in [-0.39, 0.29) is 17.9 Å². The molecule has 2 fully saturated rings. The van der Waals surface area contributed by atoms with E-state index in [9.17, 15) is 13.2 Å². The fourth-order valence-corrected chi connectivity index (χ4v) is 3.63. The molecule has 0 radical (unpaired) electrons.